The summed E-state index contributed by atoms with van der Waals surface area (Å²) in [7, 11) is -3.22. The molecule has 1 saturated carbocycles. The summed E-state index contributed by atoms with van der Waals surface area (Å²) in [5.41, 5.74) is -0.917. The Morgan fingerprint density at radius 1 is 1.54 bits per heavy atom. The standard InChI is InChI=1S/C7H12O5S/c1-13(11,12)4-7(2-3-7)5(8)6(9)10/h5,8H,2-4H2,1H3,(H,9,10). The first kappa shape index (κ1) is 10.5. The number of aliphatic hydroxyl groups is 1. The van der Waals surface area contributed by atoms with Crippen LogP contribution in [-0.4, -0.2) is 42.7 Å². The van der Waals surface area contributed by atoms with E-state index in [1.54, 1.807) is 0 Å². The molecule has 0 spiro atoms. The van der Waals surface area contributed by atoms with E-state index in [0.29, 0.717) is 12.8 Å². The smallest absolute Gasteiger partial charge is 0.333 e. The van der Waals surface area contributed by atoms with Crippen LogP contribution in [0.4, 0.5) is 0 Å². The van der Waals surface area contributed by atoms with Crippen molar-refractivity contribution in [3.63, 3.8) is 0 Å². The molecule has 0 aliphatic heterocycles. The third kappa shape index (κ3) is 2.41. The van der Waals surface area contributed by atoms with E-state index in [1.807, 2.05) is 0 Å². The lowest BCUT2D eigenvalue weighted by Gasteiger charge is -2.16. The first-order chi connectivity index (χ1) is 5.77. The Bertz CT molecular complexity index is 314. The zero-order valence-electron chi connectivity index (χ0n) is 7.23. The van der Waals surface area contributed by atoms with Crippen LogP contribution in [0.1, 0.15) is 12.8 Å². The lowest BCUT2D eigenvalue weighted by molar-refractivity contribution is -0.150. The molecule has 0 aromatic carbocycles. The molecule has 1 rings (SSSR count). The van der Waals surface area contributed by atoms with Crippen molar-refractivity contribution in [1.29, 1.82) is 0 Å². The van der Waals surface area contributed by atoms with E-state index in [2.05, 4.69) is 0 Å². The van der Waals surface area contributed by atoms with Crippen LogP contribution < -0.4 is 0 Å². The number of hydrogen-bond donors (Lipinski definition) is 2. The highest BCUT2D eigenvalue weighted by Crippen LogP contribution is 2.49. The normalized spacial score (nSPS) is 22.3. The van der Waals surface area contributed by atoms with Gasteiger partial charge in [-0.25, -0.2) is 13.2 Å². The summed E-state index contributed by atoms with van der Waals surface area (Å²) < 4.78 is 21.8. The third-order valence-electron chi connectivity index (χ3n) is 2.26. The Labute approximate surface area is 76.3 Å². The van der Waals surface area contributed by atoms with Gasteiger partial charge in [0.1, 0.15) is 9.84 Å². The minimum atomic E-state index is -3.22. The van der Waals surface area contributed by atoms with Gasteiger partial charge in [0.2, 0.25) is 0 Å². The summed E-state index contributed by atoms with van der Waals surface area (Å²) in [4.78, 5) is 10.4. The van der Waals surface area contributed by atoms with Crippen molar-refractivity contribution in [2.75, 3.05) is 12.0 Å². The van der Waals surface area contributed by atoms with Gasteiger partial charge in [-0.15, -0.1) is 0 Å². The number of hydrogen-bond acceptors (Lipinski definition) is 4. The van der Waals surface area contributed by atoms with E-state index in [0.717, 1.165) is 6.26 Å². The molecule has 1 fully saturated rings. The first-order valence-corrected chi connectivity index (χ1v) is 5.91. The maximum absolute atomic E-state index is 10.9. The third-order valence-corrected chi connectivity index (χ3v) is 3.36. The van der Waals surface area contributed by atoms with Crippen molar-refractivity contribution >= 4 is 15.8 Å². The second-order valence-corrected chi connectivity index (χ2v) is 5.81. The highest BCUT2D eigenvalue weighted by atomic mass is 32.2. The molecule has 0 aromatic heterocycles. The van der Waals surface area contributed by atoms with Crippen LogP contribution in [0, 0.1) is 5.41 Å². The number of sulfone groups is 1. The number of carbonyl (C=O) groups is 1. The van der Waals surface area contributed by atoms with Crippen LogP contribution in [0.5, 0.6) is 0 Å². The Hall–Kier alpha value is -0.620. The van der Waals surface area contributed by atoms with Gasteiger partial charge in [0.15, 0.2) is 6.10 Å². The minimum absolute atomic E-state index is 0.243. The monoisotopic (exact) mass is 208 g/mol. The SMILES string of the molecule is CS(=O)(=O)CC1(C(O)C(=O)O)CC1. The molecule has 1 unspecified atom stereocenters. The average molecular weight is 208 g/mol. The van der Waals surface area contributed by atoms with Crippen molar-refractivity contribution in [3.05, 3.63) is 0 Å². The van der Waals surface area contributed by atoms with E-state index < -0.39 is 27.3 Å². The van der Waals surface area contributed by atoms with Crippen LogP contribution in [0.25, 0.3) is 0 Å². The quantitative estimate of drug-likeness (QED) is 0.634. The van der Waals surface area contributed by atoms with Gasteiger partial charge >= 0.3 is 5.97 Å². The molecule has 0 aromatic rings. The van der Waals surface area contributed by atoms with Gasteiger partial charge in [-0.1, -0.05) is 0 Å². The lowest BCUT2D eigenvalue weighted by Crippen LogP contribution is -2.35. The number of aliphatic hydroxyl groups excluding tert-OH is 1. The molecule has 0 radical (unpaired) electrons. The van der Waals surface area contributed by atoms with Crippen molar-refractivity contribution < 1.29 is 23.4 Å². The van der Waals surface area contributed by atoms with Crippen LogP contribution in [0.3, 0.4) is 0 Å². The van der Waals surface area contributed by atoms with Gasteiger partial charge in [0.25, 0.3) is 0 Å². The number of rotatable bonds is 4. The fourth-order valence-electron chi connectivity index (χ4n) is 1.44. The minimum Gasteiger partial charge on any atom is -0.479 e. The summed E-state index contributed by atoms with van der Waals surface area (Å²) >= 11 is 0. The molecule has 0 heterocycles. The van der Waals surface area contributed by atoms with Gasteiger partial charge in [0, 0.05) is 11.7 Å². The summed E-state index contributed by atoms with van der Waals surface area (Å²) in [5, 5.41) is 17.7. The number of aliphatic carboxylic acids is 1. The summed E-state index contributed by atoms with van der Waals surface area (Å²) in [6.07, 6.45) is 0.421. The number of carboxylic acid groups (broad SMARTS) is 1. The zero-order valence-corrected chi connectivity index (χ0v) is 8.04. The molecule has 76 valence electrons. The van der Waals surface area contributed by atoms with Crippen LogP contribution in [0.2, 0.25) is 0 Å². The van der Waals surface area contributed by atoms with E-state index in [1.165, 1.54) is 0 Å². The van der Waals surface area contributed by atoms with Crippen LogP contribution in [0.15, 0.2) is 0 Å². The Balaban J connectivity index is 2.73. The number of carboxylic acids is 1. The van der Waals surface area contributed by atoms with Gasteiger partial charge in [-0.05, 0) is 12.8 Å². The maximum atomic E-state index is 10.9. The maximum Gasteiger partial charge on any atom is 0.333 e. The highest BCUT2D eigenvalue weighted by molar-refractivity contribution is 7.90. The molecular weight excluding hydrogens is 196 g/mol. The second kappa shape index (κ2) is 2.95. The van der Waals surface area contributed by atoms with Crippen molar-refractivity contribution in [2.24, 2.45) is 5.41 Å². The topological polar surface area (TPSA) is 91.7 Å². The van der Waals surface area contributed by atoms with Crippen LogP contribution in [-0.2, 0) is 14.6 Å². The second-order valence-electron chi connectivity index (χ2n) is 3.67. The fraction of sp³-hybridized carbons (Fsp3) is 0.857. The molecular formula is C7H12O5S. The van der Waals surface area contributed by atoms with Crippen LogP contribution >= 0.6 is 0 Å². The Kier molecular flexibility index (Phi) is 2.38. The summed E-state index contributed by atoms with van der Waals surface area (Å²) in [5.74, 6) is -1.59. The molecule has 2 N–H and O–H groups in total. The van der Waals surface area contributed by atoms with Gasteiger partial charge in [-0.2, -0.15) is 0 Å². The molecule has 5 nitrogen and oxygen atoms in total. The largest absolute Gasteiger partial charge is 0.479 e. The predicted molar refractivity (Wildman–Crippen MR) is 45.0 cm³/mol. The van der Waals surface area contributed by atoms with Crippen molar-refractivity contribution in [1.82, 2.24) is 0 Å². The van der Waals surface area contributed by atoms with Gasteiger partial charge in [0.05, 0.1) is 5.75 Å². The predicted octanol–water partition coefficient (Wildman–Crippen LogP) is -0.743. The van der Waals surface area contributed by atoms with Gasteiger partial charge < -0.3 is 10.2 Å². The Morgan fingerprint density at radius 3 is 2.23 bits per heavy atom. The molecule has 0 bridgehead atoms. The van der Waals surface area contributed by atoms with Crippen molar-refractivity contribution in [2.45, 2.75) is 18.9 Å². The van der Waals surface area contributed by atoms with Crippen molar-refractivity contribution in [3.8, 4) is 0 Å². The highest BCUT2D eigenvalue weighted by Gasteiger charge is 2.53. The lowest BCUT2D eigenvalue weighted by atomic mass is 10.0. The first-order valence-electron chi connectivity index (χ1n) is 3.85. The zero-order chi connectivity index (χ0) is 10.3. The molecule has 13 heavy (non-hydrogen) atoms. The van der Waals surface area contributed by atoms with E-state index in [-0.39, 0.29) is 5.75 Å². The summed E-state index contributed by atoms with van der Waals surface area (Å²) in [6, 6.07) is 0. The Morgan fingerprint density at radius 2 is 2.00 bits per heavy atom. The molecule has 0 saturated heterocycles. The molecule has 0 amide bonds. The van der Waals surface area contributed by atoms with E-state index in [4.69, 9.17) is 5.11 Å². The average Bonchev–Trinajstić information content (AvgIpc) is 2.64. The summed E-state index contributed by atoms with van der Waals surface area (Å²) in [6.45, 7) is 0. The van der Waals surface area contributed by atoms with E-state index >= 15 is 0 Å². The molecule has 1 aliphatic rings. The molecule has 6 heteroatoms. The molecule has 1 atom stereocenters. The fourth-order valence-corrected chi connectivity index (χ4v) is 2.93. The molecule has 1 aliphatic carbocycles. The van der Waals surface area contributed by atoms with E-state index in [9.17, 15) is 18.3 Å². The van der Waals surface area contributed by atoms with Gasteiger partial charge in [-0.3, -0.25) is 0 Å².